The van der Waals surface area contributed by atoms with E-state index in [2.05, 4.69) is 5.32 Å². The first-order chi connectivity index (χ1) is 11.6. The fourth-order valence-corrected chi connectivity index (χ4v) is 2.53. The first kappa shape index (κ1) is 16.3. The quantitative estimate of drug-likeness (QED) is 0.695. The zero-order chi connectivity index (χ0) is 16.9. The molecule has 0 aliphatic rings. The number of halogens is 2. The molecule has 0 aliphatic carbocycles. The topological polar surface area (TPSA) is 38.3 Å². The SMILES string of the molecule is O=C(NCCOc1ccc2ccccc2c1)c1cc(Cl)ccc1F. The van der Waals surface area contributed by atoms with Crippen LogP contribution < -0.4 is 10.1 Å². The standard InChI is InChI=1S/C19H15ClFNO2/c20-15-6-8-18(21)17(12-15)19(23)22-9-10-24-16-7-5-13-3-1-2-4-14(13)11-16/h1-8,11-12H,9-10H2,(H,22,23). The highest BCUT2D eigenvalue weighted by molar-refractivity contribution is 6.31. The first-order valence-corrected chi connectivity index (χ1v) is 7.86. The minimum atomic E-state index is -0.604. The molecule has 3 nitrogen and oxygen atoms in total. The molecule has 3 aromatic rings. The van der Waals surface area contributed by atoms with E-state index in [1.165, 1.54) is 18.2 Å². The largest absolute Gasteiger partial charge is 0.492 e. The molecule has 3 aromatic carbocycles. The predicted octanol–water partition coefficient (Wildman–Crippen LogP) is 4.44. The number of nitrogens with one attached hydrogen (secondary N) is 1. The highest BCUT2D eigenvalue weighted by Gasteiger charge is 2.11. The van der Waals surface area contributed by atoms with Crippen molar-refractivity contribution in [2.75, 3.05) is 13.2 Å². The van der Waals surface area contributed by atoms with Crippen LogP contribution >= 0.6 is 11.6 Å². The number of ether oxygens (including phenoxy) is 1. The molecule has 0 fully saturated rings. The highest BCUT2D eigenvalue weighted by Crippen LogP contribution is 2.20. The molecule has 0 aliphatic heterocycles. The monoisotopic (exact) mass is 343 g/mol. The molecule has 122 valence electrons. The van der Waals surface area contributed by atoms with Crippen LogP contribution in [0.15, 0.2) is 60.7 Å². The van der Waals surface area contributed by atoms with Crippen molar-refractivity contribution < 1.29 is 13.9 Å². The van der Waals surface area contributed by atoms with Crippen molar-refractivity contribution in [1.82, 2.24) is 5.32 Å². The minimum absolute atomic E-state index is 0.0757. The van der Waals surface area contributed by atoms with Crippen LogP contribution in [0.4, 0.5) is 4.39 Å². The summed E-state index contributed by atoms with van der Waals surface area (Å²) in [5.41, 5.74) is -0.0757. The van der Waals surface area contributed by atoms with Crippen molar-refractivity contribution in [3.05, 3.63) is 77.1 Å². The van der Waals surface area contributed by atoms with Gasteiger partial charge < -0.3 is 10.1 Å². The van der Waals surface area contributed by atoms with Crippen LogP contribution in [0.1, 0.15) is 10.4 Å². The van der Waals surface area contributed by atoms with Gasteiger partial charge >= 0.3 is 0 Å². The second kappa shape index (κ2) is 7.32. The molecule has 0 spiro atoms. The van der Waals surface area contributed by atoms with E-state index in [0.29, 0.717) is 5.02 Å². The smallest absolute Gasteiger partial charge is 0.254 e. The van der Waals surface area contributed by atoms with Crippen molar-refractivity contribution in [2.24, 2.45) is 0 Å². The lowest BCUT2D eigenvalue weighted by Crippen LogP contribution is -2.28. The minimum Gasteiger partial charge on any atom is -0.492 e. The molecule has 0 heterocycles. The summed E-state index contributed by atoms with van der Waals surface area (Å²) >= 11 is 5.78. The number of rotatable bonds is 5. The molecule has 24 heavy (non-hydrogen) atoms. The summed E-state index contributed by atoms with van der Waals surface area (Å²) in [4.78, 5) is 11.9. The Morgan fingerprint density at radius 3 is 2.67 bits per heavy atom. The maximum Gasteiger partial charge on any atom is 0.254 e. The third-order valence-corrected chi connectivity index (χ3v) is 3.79. The Kier molecular flexibility index (Phi) is 4.96. The van der Waals surface area contributed by atoms with Crippen LogP contribution in [0.2, 0.25) is 5.02 Å². The van der Waals surface area contributed by atoms with Crippen LogP contribution in [-0.2, 0) is 0 Å². The summed E-state index contributed by atoms with van der Waals surface area (Å²) in [7, 11) is 0. The maximum absolute atomic E-state index is 13.6. The molecule has 0 radical (unpaired) electrons. The molecule has 0 bridgehead atoms. The third kappa shape index (κ3) is 3.84. The number of hydrogen-bond acceptors (Lipinski definition) is 2. The van der Waals surface area contributed by atoms with E-state index in [9.17, 15) is 9.18 Å². The van der Waals surface area contributed by atoms with E-state index in [4.69, 9.17) is 16.3 Å². The zero-order valence-electron chi connectivity index (χ0n) is 12.8. The normalized spacial score (nSPS) is 10.6. The molecular formula is C19H15ClFNO2. The van der Waals surface area contributed by atoms with Crippen LogP contribution in [0, 0.1) is 5.82 Å². The predicted molar refractivity (Wildman–Crippen MR) is 93.2 cm³/mol. The second-order valence-electron chi connectivity index (χ2n) is 5.24. The van der Waals surface area contributed by atoms with E-state index < -0.39 is 11.7 Å². The summed E-state index contributed by atoms with van der Waals surface area (Å²) in [6.45, 7) is 0.546. The maximum atomic E-state index is 13.6. The van der Waals surface area contributed by atoms with Gasteiger partial charge in [0.05, 0.1) is 12.1 Å². The van der Waals surface area contributed by atoms with Crippen molar-refractivity contribution in [3.8, 4) is 5.75 Å². The van der Waals surface area contributed by atoms with Crippen LogP contribution in [-0.4, -0.2) is 19.1 Å². The summed E-state index contributed by atoms with van der Waals surface area (Å²) in [5.74, 6) is -0.402. The van der Waals surface area contributed by atoms with Crippen molar-refractivity contribution in [1.29, 1.82) is 0 Å². The Bertz CT molecular complexity index is 882. The van der Waals surface area contributed by atoms with Gasteiger partial charge in [-0.2, -0.15) is 0 Å². The summed E-state index contributed by atoms with van der Waals surface area (Å²) in [5, 5.41) is 5.14. The van der Waals surface area contributed by atoms with Gasteiger partial charge in [-0.3, -0.25) is 4.79 Å². The summed E-state index contributed by atoms with van der Waals surface area (Å²) in [6.07, 6.45) is 0. The molecule has 3 rings (SSSR count). The molecular weight excluding hydrogens is 329 g/mol. The number of amides is 1. The van der Waals surface area contributed by atoms with Gasteiger partial charge in [-0.15, -0.1) is 0 Å². The van der Waals surface area contributed by atoms with E-state index in [-0.39, 0.29) is 18.7 Å². The number of carbonyl (C=O) groups is 1. The van der Waals surface area contributed by atoms with Crippen molar-refractivity contribution in [3.63, 3.8) is 0 Å². The van der Waals surface area contributed by atoms with Gasteiger partial charge in [-0.1, -0.05) is 41.9 Å². The average Bonchev–Trinajstić information content (AvgIpc) is 2.60. The highest BCUT2D eigenvalue weighted by atomic mass is 35.5. The average molecular weight is 344 g/mol. The molecule has 0 unspecified atom stereocenters. The van der Waals surface area contributed by atoms with Crippen LogP contribution in [0.3, 0.4) is 0 Å². The molecule has 0 atom stereocenters. The van der Waals surface area contributed by atoms with Crippen molar-refractivity contribution >= 4 is 28.3 Å². The third-order valence-electron chi connectivity index (χ3n) is 3.55. The zero-order valence-corrected chi connectivity index (χ0v) is 13.5. The lowest BCUT2D eigenvalue weighted by molar-refractivity contribution is 0.0943. The fraction of sp³-hybridized carbons (Fsp3) is 0.105. The Labute approximate surface area is 144 Å². The number of fused-ring (bicyclic) bond motifs is 1. The van der Waals surface area contributed by atoms with Crippen LogP contribution in [0.25, 0.3) is 10.8 Å². The first-order valence-electron chi connectivity index (χ1n) is 7.48. The van der Waals surface area contributed by atoms with Gasteiger partial charge in [-0.25, -0.2) is 4.39 Å². The van der Waals surface area contributed by atoms with Gasteiger partial charge in [-0.05, 0) is 41.1 Å². The second-order valence-corrected chi connectivity index (χ2v) is 5.67. The van der Waals surface area contributed by atoms with E-state index in [1.807, 2.05) is 42.5 Å². The van der Waals surface area contributed by atoms with Gasteiger partial charge in [0, 0.05) is 5.02 Å². The molecule has 0 saturated heterocycles. The molecule has 5 heteroatoms. The van der Waals surface area contributed by atoms with Gasteiger partial charge in [0.1, 0.15) is 18.2 Å². The Morgan fingerprint density at radius 1 is 1.04 bits per heavy atom. The molecule has 1 N–H and O–H groups in total. The Hall–Kier alpha value is -2.59. The molecule has 0 saturated carbocycles. The van der Waals surface area contributed by atoms with Crippen molar-refractivity contribution in [2.45, 2.75) is 0 Å². The lowest BCUT2D eigenvalue weighted by atomic mass is 10.1. The Morgan fingerprint density at radius 2 is 1.83 bits per heavy atom. The summed E-state index contributed by atoms with van der Waals surface area (Å²) in [6, 6.07) is 17.6. The lowest BCUT2D eigenvalue weighted by Gasteiger charge is -2.09. The Balaban J connectivity index is 1.54. The molecule has 0 aromatic heterocycles. The summed E-state index contributed by atoms with van der Waals surface area (Å²) < 4.78 is 19.2. The van der Waals surface area contributed by atoms with Crippen LogP contribution in [0.5, 0.6) is 5.75 Å². The van der Waals surface area contributed by atoms with E-state index >= 15 is 0 Å². The number of benzene rings is 3. The van der Waals surface area contributed by atoms with E-state index in [0.717, 1.165) is 16.5 Å². The van der Waals surface area contributed by atoms with Gasteiger partial charge in [0.15, 0.2) is 0 Å². The van der Waals surface area contributed by atoms with E-state index in [1.54, 1.807) is 0 Å². The fourth-order valence-electron chi connectivity index (χ4n) is 2.36. The van der Waals surface area contributed by atoms with Gasteiger partial charge in [0.25, 0.3) is 5.91 Å². The molecule has 1 amide bonds. The van der Waals surface area contributed by atoms with Gasteiger partial charge in [0.2, 0.25) is 0 Å². The number of carbonyl (C=O) groups excluding carboxylic acids is 1. The number of hydrogen-bond donors (Lipinski definition) is 1.